The van der Waals surface area contributed by atoms with Gasteiger partial charge >= 0.3 is 0 Å². The van der Waals surface area contributed by atoms with Gasteiger partial charge in [-0.2, -0.15) is 0 Å². The van der Waals surface area contributed by atoms with Gasteiger partial charge < -0.3 is 20.6 Å². The van der Waals surface area contributed by atoms with Crippen LogP contribution >= 0.6 is 0 Å². The molecule has 60 valence electrons. The molecule has 0 spiro atoms. The van der Waals surface area contributed by atoms with E-state index in [4.69, 9.17) is 15.3 Å². The second-order valence-electron chi connectivity index (χ2n) is 2.73. The smallest absolute Gasteiger partial charge is 0.0989 e. The van der Waals surface area contributed by atoms with Crippen LogP contribution in [0.5, 0.6) is 0 Å². The van der Waals surface area contributed by atoms with Gasteiger partial charge in [-0.3, -0.25) is 0 Å². The maximum absolute atomic E-state index is 9.16. The van der Waals surface area contributed by atoms with Gasteiger partial charge in [0.2, 0.25) is 0 Å². The monoisotopic (exact) mass is 147 g/mol. The van der Waals surface area contributed by atoms with Crippen LogP contribution < -0.4 is 5.32 Å². The minimum atomic E-state index is -0.833. The Bertz CT molecular complexity index is 118. The molecule has 0 amide bonds. The highest BCUT2D eigenvalue weighted by Gasteiger charge is 2.35. The Morgan fingerprint density at radius 1 is 1.50 bits per heavy atom. The molecule has 4 atom stereocenters. The van der Waals surface area contributed by atoms with Gasteiger partial charge in [-0.25, -0.2) is 0 Å². The molecule has 10 heavy (non-hydrogen) atoms. The summed E-state index contributed by atoms with van der Waals surface area (Å²) >= 11 is 0. The number of rotatable bonds is 1. The zero-order valence-corrected chi connectivity index (χ0v) is 5.86. The summed E-state index contributed by atoms with van der Waals surface area (Å²) in [5.74, 6) is 0. The molecule has 1 aliphatic heterocycles. The average Bonchev–Trinajstić information content (AvgIpc) is 2.14. The van der Waals surface area contributed by atoms with E-state index in [0.29, 0.717) is 6.54 Å². The summed E-state index contributed by atoms with van der Waals surface area (Å²) in [7, 11) is 0. The van der Waals surface area contributed by atoms with Crippen LogP contribution in [0.15, 0.2) is 0 Å². The normalized spacial score (nSPS) is 43.8. The summed E-state index contributed by atoms with van der Waals surface area (Å²) in [6, 6.07) is -0.380. The second kappa shape index (κ2) is 2.84. The van der Waals surface area contributed by atoms with Crippen molar-refractivity contribution in [2.45, 2.75) is 31.3 Å². The first-order valence-electron chi connectivity index (χ1n) is 3.40. The summed E-state index contributed by atoms with van der Waals surface area (Å²) < 4.78 is 0. The molecule has 4 heteroatoms. The zero-order valence-electron chi connectivity index (χ0n) is 5.86. The average molecular weight is 147 g/mol. The lowest BCUT2D eigenvalue weighted by Crippen LogP contribution is -2.41. The number of nitrogens with one attached hydrogen (secondary N) is 1. The largest absolute Gasteiger partial charge is 0.392 e. The van der Waals surface area contributed by atoms with E-state index in [0.717, 1.165) is 0 Å². The Kier molecular flexibility index (Phi) is 2.25. The van der Waals surface area contributed by atoms with Crippen LogP contribution in [0.3, 0.4) is 0 Å². The Balaban J connectivity index is 2.49. The Hall–Kier alpha value is -0.160. The van der Waals surface area contributed by atoms with E-state index in [-0.39, 0.29) is 6.04 Å². The number of hydrogen-bond donors (Lipinski definition) is 4. The molecule has 0 bridgehead atoms. The van der Waals surface area contributed by atoms with Crippen LogP contribution in [0, 0.1) is 0 Å². The number of hydrogen-bond acceptors (Lipinski definition) is 4. The minimum absolute atomic E-state index is 0.358. The molecule has 1 fully saturated rings. The third-order valence-corrected chi connectivity index (χ3v) is 1.84. The predicted molar refractivity (Wildman–Crippen MR) is 35.5 cm³/mol. The van der Waals surface area contributed by atoms with Gasteiger partial charge in [0.05, 0.1) is 24.4 Å². The number of aliphatic hydroxyl groups is 3. The van der Waals surface area contributed by atoms with Gasteiger partial charge in [0.15, 0.2) is 0 Å². The first-order valence-corrected chi connectivity index (χ1v) is 3.40. The van der Waals surface area contributed by atoms with E-state index < -0.39 is 18.3 Å². The third-order valence-electron chi connectivity index (χ3n) is 1.84. The highest BCUT2D eigenvalue weighted by molar-refractivity contribution is 4.92. The molecule has 0 aromatic heterocycles. The fourth-order valence-corrected chi connectivity index (χ4v) is 1.19. The van der Waals surface area contributed by atoms with Crippen molar-refractivity contribution in [3.05, 3.63) is 0 Å². The maximum atomic E-state index is 9.16. The molecule has 0 aromatic rings. The van der Waals surface area contributed by atoms with Crippen LogP contribution in [0.25, 0.3) is 0 Å². The first-order chi connectivity index (χ1) is 4.63. The van der Waals surface area contributed by atoms with Gasteiger partial charge in [0.1, 0.15) is 0 Å². The number of β-amino-alcohol motifs (C(OH)–C–C–N with tert-alkyl or cyclic N) is 1. The fraction of sp³-hybridized carbons (Fsp3) is 1.00. The fourth-order valence-electron chi connectivity index (χ4n) is 1.19. The van der Waals surface area contributed by atoms with Crippen molar-refractivity contribution < 1.29 is 15.3 Å². The minimum Gasteiger partial charge on any atom is -0.392 e. The summed E-state index contributed by atoms with van der Waals surface area (Å²) in [4.78, 5) is 0. The lowest BCUT2D eigenvalue weighted by molar-refractivity contribution is 0.0114. The van der Waals surface area contributed by atoms with Crippen LogP contribution in [-0.2, 0) is 0 Å². The Labute approximate surface area is 59.5 Å². The van der Waals surface area contributed by atoms with Crippen molar-refractivity contribution in [1.29, 1.82) is 0 Å². The molecule has 0 aromatic carbocycles. The van der Waals surface area contributed by atoms with E-state index in [2.05, 4.69) is 5.32 Å². The van der Waals surface area contributed by atoms with E-state index >= 15 is 0 Å². The molecular formula is C6H13NO3. The number of aliphatic hydroxyl groups excluding tert-OH is 3. The van der Waals surface area contributed by atoms with Gasteiger partial charge in [0.25, 0.3) is 0 Å². The van der Waals surface area contributed by atoms with E-state index in [1.165, 1.54) is 0 Å². The zero-order chi connectivity index (χ0) is 7.72. The quantitative estimate of drug-likeness (QED) is 0.348. The van der Waals surface area contributed by atoms with Crippen LogP contribution in [0.2, 0.25) is 0 Å². The summed E-state index contributed by atoms with van der Waals surface area (Å²) in [6.07, 6.45) is -2.19. The Morgan fingerprint density at radius 2 is 2.10 bits per heavy atom. The Morgan fingerprint density at radius 3 is 2.30 bits per heavy atom. The highest BCUT2D eigenvalue weighted by atomic mass is 16.3. The lowest BCUT2D eigenvalue weighted by atomic mass is 10.1. The molecule has 4 nitrogen and oxygen atoms in total. The first kappa shape index (κ1) is 7.94. The molecule has 0 radical (unpaired) electrons. The van der Waals surface area contributed by atoms with Crippen molar-refractivity contribution in [3.8, 4) is 0 Å². The second-order valence-corrected chi connectivity index (χ2v) is 2.73. The summed E-state index contributed by atoms with van der Waals surface area (Å²) in [6.45, 7) is 1.94. The molecular weight excluding hydrogens is 134 g/mol. The van der Waals surface area contributed by atoms with Gasteiger partial charge in [-0.1, -0.05) is 0 Å². The summed E-state index contributed by atoms with van der Waals surface area (Å²) in [5, 5.41) is 30.0. The highest BCUT2D eigenvalue weighted by Crippen LogP contribution is 2.10. The molecule has 0 aliphatic carbocycles. The van der Waals surface area contributed by atoms with E-state index in [9.17, 15) is 0 Å². The van der Waals surface area contributed by atoms with Crippen molar-refractivity contribution in [1.82, 2.24) is 5.32 Å². The van der Waals surface area contributed by atoms with Gasteiger partial charge in [-0.05, 0) is 6.92 Å². The SMILES string of the molecule is C[C@@H](O)[C@@H]1NC[C@@H](O)[C@H]1O. The molecule has 1 heterocycles. The standard InChI is InChI=1S/C6H13NO3/c1-3(8)5-6(10)4(9)2-7-5/h3-10H,2H2,1H3/t3-,4-,5+,6-/m1/s1. The van der Waals surface area contributed by atoms with E-state index in [1.807, 2.05) is 0 Å². The molecule has 0 saturated carbocycles. The molecule has 1 saturated heterocycles. The van der Waals surface area contributed by atoms with Crippen LogP contribution in [-0.4, -0.2) is 46.2 Å². The van der Waals surface area contributed by atoms with Crippen molar-refractivity contribution in [2.75, 3.05) is 6.54 Å². The van der Waals surface area contributed by atoms with Gasteiger partial charge in [0, 0.05) is 6.54 Å². The molecule has 1 rings (SSSR count). The lowest BCUT2D eigenvalue weighted by Gasteiger charge is -2.18. The summed E-state index contributed by atoms with van der Waals surface area (Å²) in [5.41, 5.74) is 0. The van der Waals surface area contributed by atoms with Crippen molar-refractivity contribution >= 4 is 0 Å². The van der Waals surface area contributed by atoms with Crippen molar-refractivity contribution in [2.24, 2.45) is 0 Å². The predicted octanol–water partition coefficient (Wildman–Crippen LogP) is -1.94. The van der Waals surface area contributed by atoms with E-state index in [1.54, 1.807) is 6.92 Å². The third kappa shape index (κ3) is 1.29. The molecule has 4 N–H and O–H groups in total. The topological polar surface area (TPSA) is 72.7 Å². The van der Waals surface area contributed by atoms with Crippen LogP contribution in [0.4, 0.5) is 0 Å². The van der Waals surface area contributed by atoms with Gasteiger partial charge in [-0.15, -0.1) is 0 Å². The maximum Gasteiger partial charge on any atom is 0.0989 e. The molecule has 0 unspecified atom stereocenters. The molecule has 1 aliphatic rings. The van der Waals surface area contributed by atoms with Crippen LogP contribution in [0.1, 0.15) is 6.92 Å². The van der Waals surface area contributed by atoms with Crippen molar-refractivity contribution in [3.63, 3.8) is 0 Å².